The van der Waals surface area contributed by atoms with Gasteiger partial charge in [0.15, 0.2) is 0 Å². The molecule has 0 spiro atoms. The first-order chi connectivity index (χ1) is 21.7. The first-order valence-electron chi connectivity index (χ1n) is 14.5. The average molecular weight is 672 g/mol. The maximum atomic E-state index is 13.7. The molecule has 2 atom stereocenters. The number of nitrogens with zero attached hydrogens (tertiary/aromatic N) is 2. The number of rotatable bonds is 7. The van der Waals surface area contributed by atoms with Crippen molar-refractivity contribution in [3.63, 3.8) is 0 Å². The van der Waals surface area contributed by atoms with Gasteiger partial charge in [0, 0.05) is 47.3 Å². The summed E-state index contributed by atoms with van der Waals surface area (Å²) in [5.74, 6) is -0.508. The Bertz CT molecular complexity index is 1870. The number of ether oxygens (including phenoxy) is 2. The highest BCUT2D eigenvalue weighted by atomic mass is 79.9. The minimum Gasteiger partial charge on any atom is -0.497 e. The van der Waals surface area contributed by atoms with Crippen LogP contribution in [0.1, 0.15) is 49.1 Å². The summed E-state index contributed by atoms with van der Waals surface area (Å²) in [6, 6.07) is 22.3. The van der Waals surface area contributed by atoms with Gasteiger partial charge in [-0.2, -0.15) is 0 Å². The zero-order valence-electron chi connectivity index (χ0n) is 24.7. The molecule has 3 heterocycles. The second-order valence-electron chi connectivity index (χ2n) is 11.1. The predicted octanol–water partition coefficient (Wildman–Crippen LogP) is 5.53. The Morgan fingerprint density at radius 2 is 1.62 bits per heavy atom. The Kier molecular flexibility index (Phi) is 8.44. The van der Waals surface area contributed by atoms with Crippen molar-refractivity contribution in [1.29, 1.82) is 0 Å². The molecular formula is C34H31BrN4O6. The maximum absolute atomic E-state index is 13.7. The fraction of sp³-hybridized carbons (Fsp3) is 0.235. The van der Waals surface area contributed by atoms with Crippen molar-refractivity contribution in [2.24, 2.45) is 5.92 Å². The van der Waals surface area contributed by atoms with Gasteiger partial charge in [0.2, 0.25) is 0 Å². The molecular weight excluding hydrogens is 640 g/mol. The van der Waals surface area contributed by atoms with Gasteiger partial charge in [0.1, 0.15) is 5.75 Å². The SMILES string of the molecule is COC(=O)c1ccccc1NC(=O)c1ccc(N2C[C@H]3C[C@@H](C2)c2cccc(=O)n2C3)c(NC(=O)c2cc(OC)ccc2Br)c1. The van der Waals surface area contributed by atoms with Crippen LogP contribution in [0.15, 0.2) is 88.1 Å². The standard InChI is InChI=1S/C34H31BrN4O6/c1-44-23-11-12-26(35)25(16-23)33(42)37-28-15-21(32(41)36-27-7-4-3-6-24(27)34(43)45-2)10-13-30(28)38-17-20-14-22(19-38)29-8-5-9-31(40)39(29)18-20/h3-13,15-16,20,22H,14,17-19H2,1-2H3,(H,36,41)(H,37,42)/t20-,22+/m1/s1. The van der Waals surface area contributed by atoms with E-state index in [-0.39, 0.29) is 34.4 Å². The number of piperidine rings is 1. The summed E-state index contributed by atoms with van der Waals surface area (Å²) >= 11 is 3.47. The van der Waals surface area contributed by atoms with Gasteiger partial charge >= 0.3 is 5.97 Å². The Morgan fingerprint density at radius 1 is 0.822 bits per heavy atom. The molecule has 2 aliphatic rings. The second kappa shape index (κ2) is 12.6. The average Bonchev–Trinajstić information content (AvgIpc) is 3.05. The number of hydrogen-bond acceptors (Lipinski definition) is 7. The molecule has 1 saturated heterocycles. The van der Waals surface area contributed by atoms with Crippen LogP contribution in [0.25, 0.3) is 0 Å². The maximum Gasteiger partial charge on any atom is 0.339 e. The van der Waals surface area contributed by atoms with Gasteiger partial charge in [-0.05, 0) is 82.9 Å². The number of nitrogens with one attached hydrogen (secondary N) is 2. The summed E-state index contributed by atoms with van der Waals surface area (Å²) in [7, 11) is 2.81. The van der Waals surface area contributed by atoms with Crippen molar-refractivity contribution >= 4 is 50.8 Å². The molecule has 6 rings (SSSR count). The monoisotopic (exact) mass is 670 g/mol. The number of carbonyl (C=O) groups excluding carboxylic acids is 3. The Labute approximate surface area is 268 Å². The molecule has 0 unspecified atom stereocenters. The molecule has 45 heavy (non-hydrogen) atoms. The summed E-state index contributed by atoms with van der Waals surface area (Å²) in [5, 5.41) is 5.84. The molecule has 0 radical (unpaired) electrons. The molecule has 2 bridgehead atoms. The smallest absolute Gasteiger partial charge is 0.339 e. The molecule has 1 fully saturated rings. The van der Waals surface area contributed by atoms with E-state index >= 15 is 0 Å². The van der Waals surface area contributed by atoms with Gasteiger partial charge in [-0.15, -0.1) is 0 Å². The largest absolute Gasteiger partial charge is 0.497 e. The first kappa shape index (κ1) is 30.1. The number of pyridine rings is 1. The summed E-state index contributed by atoms with van der Waals surface area (Å²) < 4.78 is 12.7. The number of benzene rings is 3. The van der Waals surface area contributed by atoms with Crippen LogP contribution in [-0.4, -0.2) is 49.7 Å². The Balaban J connectivity index is 1.35. The Morgan fingerprint density at radius 3 is 2.42 bits per heavy atom. The second-order valence-corrected chi connectivity index (χ2v) is 12.0. The van der Waals surface area contributed by atoms with Crippen molar-refractivity contribution < 1.29 is 23.9 Å². The third-order valence-electron chi connectivity index (χ3n) is 8.33. The van der Waals surface area contributed by atoms with E-state index in [4.69, 9.17) is 9.47 Å². The summed E-state index contributed by atoms with van der Waals surface area (Å²) in [5.41, 5.74) is 3.41. The van der Waals surface area contributed by atoms with Crippen LogP contribution in [0.2, 0.25) is 0 Å². The third kappa shape index (κ3) is 6.08. The van der Waals surface area contributed by atoms with Crippen molar-refractivity contribution in [3.8, 4) is 5.75 Å². The van der Waals surface area contributed by atoms with E-state index in [0.717, 1.165) is 17.8 Å². The number of hydrogen-bond donors (Lipinski definition) is 2. The van der Waals surface area contributed by atoms with Crippen molar-refractivity contribution in [2.75, 3.05) is 42.8 Å². The molecule has 2 N–H and O–H groups in total. The quantitative estimate of drug-likeness (QED) is 0.248. The van der Waals surface area contributed by atoms with E-state index in [1.807, 2.05) is 16.7 Å². The van der Waals surface area contributed by atoms with Gasteiger partial charge in [0.05, 0.1) is 42.4 Å². The predicted molar refractivity (Wildman–Crippen MR) is 175 cm³/mol. The lowest BCUT2D eigenvalue weighted by Gasteiger charge is -2.44. The number of fused-ring (bicyclic) bond motifs is 4. The lowest BCUT2D eigenvalue weighted by molar-refractivity contribution is 0.0601. The Hall–Kier alpha value is -4.90. The summed E-state index contributed by atoms with van der Waals surface area (Å²) in [6.45, 7) is 1.95. The molecule has 2 amide bonds. The van der Waals surface area contributed by atoms with Crippen molar-refractivity contribution in [1.82, 2.24) is 4.57 Å². The van der Waals surface area contributed by atoms with Crippen LogP contribution >= 0.6 is 15.9 Å². The molecule has 11 heteroatoms. The van der Waals surface area contributed by atoms with Gasteiger partial charge in [0.25, 0.3) is 17.4 Å². The summed E-state index contributed by atoms with van der Waals surface area (Å²) in [4.78, 5) is 54.2. The molecule has 230 valence electrons. The molecule has 0 saturated carbocycles. The first-order valence-corrected chi connectivity index (χ1v) is 15.3. The number of esters is 1. The number of amides is 2. The topological polar surface area (TPSA) is 119 Å². The van der Waals surface area contributed by atoms with Crippen LogP contribution in [-0.2, 0) is 11.3 Å². The fourth-order valence-corrected chi connectivity index (χ4v) is 6.64. The minimum atomic E-state index is -0.572. The van der Waals surface area contributed by atoms with Crippen LogP contribution in [0.5, 0.6) is 5.75 Å². The van der Waals surface area contributed by atoms with Gasteiger partial charge in [-0.3, -0.25) is 14.4 Å². The molecule has 3 aromatic carbocycles. The fourth-order valence-electron chi connectivity index (χ4n) is 6.22. The molecule has 1 aromatic heterocycles. The normalized spacial score (nSPS) is 16.7. The van der Waals surface area contributed by atoms with E-state index in [2.05, 4.69) is 31.5 Å². The highest BCUT2D eigenvalue weighted by Gasteiger charge is 2.35. The minimum absolute atomic E-state index is 0.0107. The van der Waals surface area contributed by atoms with Crippen LogP contribution in [0.3, 0.4) is 0 Å². The van der Waals surface area contributed by atoms with E-state index in [0.29, 0.717) is 46.8 Å². The summed E-state index contributed by atoms with van der Waals surface area (Å²) in [6.07, 6.45) is 0.971. The van der Waals surface area contributed by atoms with Crippen molar-refractivity contribution in [3.05, 3.63) is 116 Å². The van der Waals surface area contributed by atoms with Crippen LogP contribution < -0.4 is 25.8 Å². The third-order valence-corrected chi connectivity index (χ3v) is 9.02. The number of halogens is 1. The number of methoxy groups -OCH3 is 2. The van der Waals surface area contributed by atoms with Crippen LogP contribution in [0, 0.1) is 5.92 Å². The van der Waals surface area contributed by atoms with Crippen LogP contribution in [0.4, 0.5) is 17.1 Å². The highest BCUT2D eigenvalue weighted by Crippen LogP contribution is 2.39. The van der Waals surface area contributed by atoms with E-state index in [1.54, 1.807) is 66.7 Å². The highest BCUT2D eigenvalue weighted by molar-refractivity contribution is 9.10. The number of carbonyl (C=O) groups is 3. The molecule has 0 aliphatic carbocycles. The van der Waals surface area contributed by atoms with Crippen molar-refractivity contribution in [2.45, 2.75) is 18.9 Å². The van der Waals surface area contributed by atoms with Gasteiger partial charge in [-0.25, -0.2) is 4.79 Å². The van der Waals surface area contributed by atoms with E-state index < -0.39 is 11.9 Å². The number of aromatic nitrogens is 1. The zero-order valence-corrected chi connectivity index (χ0v) is 26.3. The number of para-hydroxylation sites is 1. The zero-order chi connectivity index (χ0) is 31.7. The van der Waals surface area contributed by atoms with Gasteiger partial charge in [-0.1, -0.05) is 18.2 Å². The molecule has 4 aromatic rings. The lowest BCUT2D eigenvalue weighted by Crippen LogP contribution is -2.47. The lowest BCUT2D eigenvalue weighted by atomic mass is 9.83. The van der Waals surface area contributed by atoms with E-state index in [1.165, 1.54) is 14.2 Å². The van der Waals surface area contributed by atoms with E-state index in [9.17, 15) is 19.2 Å². The molecule has 2 aliphatic heterocycles. The molecule has 10 nitrogen and oxygen atoms in total. The van der Waals surface area contributed by atoms with Gasteiger partial charge < -0.3 is 29.6 Å². The number of anilines is 3.